The number of aromatic amines is 1. The van der Waals surface area contributed by atoms with Crippen molar-refractivity contribution in [2.45, 2.75) is 66.2 Å². The third-order valence-electron chi connectivity index (χ3n) is 5.71. The number of H-pyrrole nitrogens is 1. The summed E-state index contributed by atoms with van der Waals surface area (Å²) < 4.78 is 39.8. The summed E-state index contributed by atoms with van der Waals surface area (Å²) in [6.07, 6.45) is 8.46. The van der Waals surface area contributed by atoms with Crippen LogP contribution in [0.2, 0.25) is 5.02 Å². The minimum absolute atomic E-state index is 0.0122. The normalized spacial score (nSPS) is 13.3. The van der Waals surface area contributed by atoms with Gasteiger partial charge in [-0.1, -0.05) is 63.1 Å². The van der Waals surface area contributed by atoms with Crippen LogP contribution in [-0.2, 0) is 6.42 Å². The second-order valence-corrected chi connectivity index (χ2v) is 8.80. The Morgan fingerprint density at radius 3 is 2.54 bits per heavy atom. The summed E-state index contributed by atoms with van der Waals surface area (Å²) in [4.78, 5) is 7.22. The minimum atomic E-state index is -0.433. The lowest BCUT2D eigenvalue weighted by molar-refractivity contribution is 0.624. The minimum Gasteiger partial charge on any atom is -0.358 e. The van der Waals surface area contributed by atoms with E-state index in [9.17, 15) is 13.2 Å². The first-order chi connectivity index (χ1) is 16.7. The lowest BCUT2D eigenvalue weighted by atomic mass is 9.92. The van der Waals surface area contributed by atoms with Crippen molar-refractivity contribution in [1.82, 2.24) is 4.98 Å². The summed E-state index contributed by atoms with van der Waals surface area (Å²) >= 11 is 5.98. The highest BCUT2D eigenvalue weighted by Gasteiger charge is 2.19. The molecular weight excluding hydrogens is 469 g/mol. The molecule has 0 amide bonds. The van der Waals surface area contributed by atoms with E-state index in [2.05, 4.69) is 16.9 Å². The molecule has 0 saturated carbocycles. The van der Waals surface area contributed by atoms with Gasteiger partial charge in [-0.25, -0.2) is 13.2 Å². The van der Waals surface area contributed by atoms with Crippen molar-refractivity contribution < 1.29 is 13.2 Å². The molecule has 2 nitrogen and oxygen atoms in total. The average molecular weight is 503 g/mol. The second-order valence-electron chi connectivity index (χ2n) is 8.39. The number of hydrogen-bond donors (Lipinski definition) is 1. The van der Waals surface area contributed by atoms with Crippen molar-refractivity contribution in [3.8, 4) is 0 Å². The fourth-order valence-electron chi connectivity index (χ4n) is 3.79. The highest BCUT2D eigenvalue weighted by Crippen LogP contribution is 2.35. The highest BCUT2D eigenvalue weighted by molar-refractivity contribution is 6.31. The first-order valence-electron chi connectivity index (χ1n) is 12.0. The van der Waals surface area contributed by atoms with Crippen LogP contribution in [-0.4, -0.2) is 11.2 Å². The number of allylic oxidation sites excluding steroid dienone is 4. The van der Waals surface area contributed by atoms with Crippen LogP contribution in [0.4, 0.5) is 13.2 Å². The number of rotatable bonds is 8. The number of benzene rings is 2. The molecule has 1 unspecified atom stereocenters. The molecule has 1 atom stereocenters. The van der Waals surface area contributed by atoms with E-state index in [1.165, 1.54) is 24.4 Å². The smallest absolute Gasteiger partial charge is 0.143 e. The van der Waals surface area contributed by atoms with Crippen molar-refractivity contribution in [3.05, 3.63) is 93.6 Å². The number of unbranched alkanes of at least 4 members (excludes halogenated alkanes) is 1. The summed E-state index contributed by atoms with van der Waals surface area (Å²) in [5, 5.41) is 1.08. The first-order valence-corrected chi connectivity index (χ1v) is 12.4. The molecule has 188 valence electrons. The molecule has 3 aromatic rings. The maximum atomic E-state index is 13.8. The molecule has 0 spiro atoms. The molecule has 1 N–H and O–H groups in total. The van der Waals surface area contributed by atoms with Crippen LogP contribution in [0.3, 0.4) is 0 Å². The molecule has 6 heteroatoms. The largest absolute Gasteiger partial charge is 0.358 e. The Balaban J connectivity index is 0.000000334. The molecule has 0 radical (unpaired) electrons. The molecule has 0 aliphatic heterocycles. The Hall–Kier alpha value is -2.79. The van der Waals surface area contributed by atoms with Crippen LogP contribution < -0.4 is 0 Å². The third kappa shape index (κ3) is 8.14. The molecule has 0 saturated heterocycles. The molecule has 0 aliphatic rings. The van der Waals surface area contributed by atoms with Gasteiger partial charge in [-0.05, 0) is 68.5 Å². The summed E-state index contributed by atoms with van der Waals surface area (Å²) in [7, 11) is 0. The van der Waals surface area contributed by atoms with Crippen molar-refractivity contribution >= 4 is 28.7 Å². The van der Waals surface area contributed by atoms with Gasteiger partial charge < -0.3 is 4.98 Å². The zero-order chi connectivity index (χ0) is 26.0. The third-order valence-corrected chi connectivity index (χ3v) is 6.00. The SMILES string of the molecule is CCCCc1c(C(C)c2cccc(F)c2)[nH]c2cc(F)c(Cl)cc12.C\C=C(F)/C=N/C(C)=C/CC. The maximum absolute atomic E-state index is 13.8. The van der Waals surface area contributed by atoms with Crippen LogP contribution in [0.5, 0.6) is 0 Å². The summed E-state index contributed by atoms with van der Waals surface area (Å²) in [5.41, 5.74) is 4.63. The van der Waals surface area contributed by atoms with Gasteiger partial charge >= 0.3 is 0 Å². The van der Waals surface area contributed by atoms with E-state index in [0.717, 1.165) is 59.1 Å². The molecule has 2 aromatic carbocycles. The van der Waals surface area contributed by atoms with E-state index in [4.69, 9.17) is 11.6 Å². The monoisotopic (exact) mass is 502 g/mol. The van der Waals surface area contributed by atoms with Gasteiger partial charge in [0.15, 0.2) is 0 Å². The topological polar surface area (TPSA) is 28.1 Å². The number of hydrogen-bond acceptors (Lipinski definition) is 1. The van der Waals surface area contributed by atoms with E-state index in [1.807, 2.05) is 32.9 Å². The van der Waals surface area contributed by atoms with Crippen LogP contribution >= 0.6 is 11.6 Å². The van der Waals surface area contributed by atoms with E-state index >= 15 is 0 Å². The Kier molecular flexibility index (Phi) is 11.3. The van der Waals surface area contributed by atoms with Crippen molar-refractivity contribution in [1.29, 1.82) is 0 Å². The fourth-order valence-corrected chi connectivity index (χ4v) is 3.95. The Morgan fingerprint density at radius 1 is 1.17 bits per heavy atom. The molecule has 3 rings (SSSR count). The zero-order valence-corrected chi connectivity index (χ0v) is 21.8. The number of fused-ring (bicyclic) bond motifs is 1. The van der Waals surface area contributed by atoms with E-state index < -0.39 is 5.82 Å². The van der Waals surface area contributed by atoms with Crippen molar-refractivity contribution in [2.75, 3.05) is 0 Å². The number of halogens is 4. The van der Waals surface area contributed by atoms with E-state index in [0.29, 0.717) is 0 Å². The lowest BCUT2D eigenvalue weighted by Crippen LogP contribution is -2.01. The van der Waals surface area contributed by atoms with E-state index in [1.54, 1.807) is 25.1 Å². The fraction of sp³-hybridized carbons (Fsp3) is 0.345. The number of nitrogens with one attached hydrogen (secondary N) is 1. The molecule has 0 aliphatic carbocycles. The van der Waals surface area contributed by atoms with Crippen LogP contribution in [0, 0.1) is 11.6 Å². The van der Waals surface area contributed by atoms with Gasteiger partial charge in [-0.3, -0.25) is 4.99 Å². The molecule has 0 fully saturated rings. The standard InChI is InChI=1S/C20H20ClF2N.C9H14FN/c1-3-4-8-15-16-10-17(21)18(23)11-19(16)24-20(15)12(2)13-6-5-7-14(22)9-13;1-4-6-8(3)11-7-9(10)5-2/h5-7,9-12,24H,3-4,8H2,1-2H3;5-7H,4H2,1-3H3/b;8-6+,9-5+,11-7+. The van der Waals surface area contributed by atoms with Crippen LogP contribution in [0.1, 0.15) is 76.6 Å². The molecule has 1 heterocycles. The number of nitrogens with zero attached hydrogens (tertiary/aromatic N) is 1. The Morgan fingerprint density at radius 2 is 1.91 bits per heavy atom. The number of aryl methyl sites for hydroxylation is 1. The summed E-state index contributed by atoms with van der Waals surface area (Å²) in [5.74, 6) is -0.993. The average Bonchev–Trinajstić information content (AvgIpc) is 3.18. The number of aliphatic imine (C=N–C) groups is 1. The summed E-state index contributed by atoms with van der Waals surface area (Å²) in [6, 6.07) is 9.74. The Bertz CT molecular complexity index is 1210. The van der Waals surface area contributed by atoms with Gasteiger partial charge in [0.1, 0.15) is 17.5 Å². The lowest BCUT2D eigenvalue weighted by Gasteiger charge is -2.14. The van der Waals surface area contributed by atoms with Crippen LogP contribution in [0.15, 0.2) is 65.1 Å². The maximum Gasteiger partial charge on any atom is 0.143 e. The number of aromatic nitrogens is 1. The van der Waals surface area contributed by atoms with Crippen molar-refractivity contribution in [2.24, 2.45) is 4.99 Å². The van der Waals surface area contributed by atoms with Gasteiger partial charge in [0, 0.05) is 28.2 Å². The first kappa shape index (κ1) is 28.4. The van der Waals surface area contributed by atoms with Crippen molar-refractivity contribution in [3.63, 3.8) is 0 Å². The predicted molar refractivity (Wildman–Crippen MR) is 143 cm³/mol. The Labute approximate surface area is 211 Å². The predicted octanol–water partition coefficient (Wildman–Crippen LogP) is 9.84. The quantitative estimate of drug-likeness (QED) is 0.297. The molecule has 1 aromatic heterocycles. The molecular formula is C29H34ClF3N2. The van der Waals surface area contributed by atoms with Gasteiger partial charge in [-0.15, -0.1) is 0 Å². The summed E-state index contributed by atoms with van der Waals surface area (Å²) in [6.45, 7) is 9.68. The highest BCUT2D eigenvalue weighted by atomic mass is 35.5. The van der Waals surface area contributed by atoms with E-state index in [-0.39, 0.29) is 22.6 Å². The zero-order valence-electron chi connectivity index (χ0n) is 21.1. The van der Waals surface area contributed by atoms with Gasteiger partial charge in [-0.2, -0.15) is 0 Å². The molecule has 0 bridgehead atoms. The molecule has 35 heavy (non-hydrogen) atoms. The van der Waals surface area contributed by atoms with Crippen LogP contribution in [0.25, 0.3) is 10.9 Å². The van der Waals surface area contributed by atoms with Gasteiger partial charge in [0.05, 0.1) is 11.2 Å². The van der Waals surface area contributed by atoms with Gasteiger partial charge in [0.25, 0.3) is 0 Å². The van der Waals surface area contributed by atoms with Gasteiger partial charge in [0.2, 0.25) is 0 Å². The second kappa shape index (κ2) is 13.9.